The summed E-state index contributed by atoms with van der Waals surface area (Å²) in [6.45, 7) is 4.03. The number of fused-ring (bicyclic) bond motifs is 2. The van der Waals surface area contributed by atoms with Crippen LogP contribution in [0.2, 0.25) is 0 Å². The van der Waals surface area contributed by atoms with E-state index in [0.717, 1.165) is 39.4 Å². The summed E-state index contributed by atoms with van der Waals surface area (Å²) in [4.78, 5) is 12.9. The minimum atomic E-state index is -0.0134. The van der Waals surface area contributed by atoms with Gasteiger partial charge in [-0.3, -0.25) is 4.79 Å². The summed E-state index contributed by atoms with van der Waals surface area (Å²) in [6, 6.07) is 21.9. The van der Waals surface area contributed by atoms with E-state index in [1.807, 2.05) is 80.6 Å². The SMILES string of the molecule is Cc1cccc(C)c1NC(=O)CC1c2ccccc2Oc2ccccc21. The molecule has 1 amide bonds. The topological polar surface area (TPSA) is 38.3 Å². The van der Waals surface area contributed by atoms with E-state index < -0.39 is 0 Å². The third kappa shape index (κ3) is 2.97. The van der Waals surface area contributed by atoms with Crippen molar-refractivity contribution in [2.24, 2.45) is 0 Å². The molecule has 0 aliphatic carbocycles. The van der Waals surface area contributed by atoms with Crippen molar-refractivity contribution in [2.45, 2.75) is 26.2 Å². The molecule has 1 N–H and O–H groups in total. The summed E-state index contributed by atoms with van der Waals surface area (Å²) < 4.78 is 6.01. The highest BCUT2D eigenvalue weighted by atomic mass is 16.5. The van der Waals surface area contributed by atoms with Gasteiger partial charge in [-0.1, -0.05) is 54.6 Å². The zero-order valence-electron chi connectivity index (χ0n) is 15.0. The molecule has 1 aliphatic heterocycles. The third-order valence-electron chi connectivity index (χ3n) is 4.94. The second-order valence-corrected chi connectivity index (χ2v) is 6.75. The van der Waals surface area contributed by atoms with Gasteiger partial charge in [0, 0.05) is 29.2 Å². The van der Waals surface area contributed by atoms with Gasteiger partial charge in [-0.2, -0.15) is 0 Å². The van der Waals surface area contributed by atoms with Crippen LogP contribution in [0.4, 0.5) is 5.69 Å². The molecule has 26 heavy (non-hydrogen) atoms. The number of ether oxygens (including phenoxy) is 1. The van der Waals surface area contributed by atoms with Crippen molar-refractivity contribution in [2.75, 3.05) is 5.32 Å². The van der Waals surface area contributed by atoms with Crippen LogP contribution in [0, 0.1) is 13.8 Å². The molecule has 0 fully saturated rings. The molecule has 130 valence electrons. The summed E-state index contributed by atoms with van der Waals surface area (Å²) >= 11 is 0. The number of aryl methyl sites for hydroxylation is 2. The zero-order chi connectivity index (χ0) is 18.1. The molecule has 0 unspecified atom stereocenters. The number of amides is 1. The minimum absolute atomic E-state index is 0.0129. The Labute approximate surface area is 153 Å². The van der Waals surface area contributed by atoms with Crippen LogP contribution in [0.15, 0.2) is 66.7 Å². The highest BCUT2D eigenvalue weighted by molar-refractivity contribution is 5.93. The van der Waals surface area contributed by atoms with Crippen molar-refractivity contribution in [3.8, 4) is 11.5 Å². The first-order valence-corrected chi connectivity index (χ1v) is 8.85. The molecule has 3 nitrogen and oxygen atoms in total. The Bertz CT molecular complexity index is 912. The van der Waals surface area contributed by atoms with Crippen LogP contribution in [0.3, 0.4) is 0 Å². The molecule has 1 aliphatic rings. The minimum Gasteiger partial charge on any atom is -0.457 e. The Kier molecular flexibility index (Phi) is 4.21. The molecular formula is C23H21NO2. The van der Waals surface area contributed by atoms with Gasteiger partial charge in [0.05, 0.1) is 0 Å². The standard InChI is InChI=1S/C23H21NO2/c1-15-8-7-9-16(2)23(15)24-22(25)14-19-17-10-3-5-12-20(17)26-21-13-6-4-11-18(19)21/h3-13,19H,14H2,1-2H3,(H,24,25). The molecular weight excluding hydrogens is 322 g/mol. The molecule has 0 spiro atoms. The summed E-state index contributed by atoms with van der Waals surface area (Å²) in [7, 11) is 0. The summed E-state index contributed by atoms with van der Waals surface area (Å²) in [5, 5.41) is 3.11. The Morgan fingerprint density at radius 2 is 1.38 bits per heavy atom. The van der Waals surface area contributed by atoms with Crippen molar-refractivity contribution in [3.05, 3.63) is 89.0 Å². The first-order valence-electron chi connectivity index (χ1n) is 8.85. The lowest BCUT2D eigenvalue weighted by atomic mass is 9.85. The quantitative estimate of drug-likeness (QED) is 0.675. The zero-order valence-corrected chi connectivity index (χ0v) is 15.0. The highest BCUT2D eigenvalue weighted by Crippen LogP contribution is 2.45. The number of carbonyl (C=O) groups excluding carboxylic acids is 1. The average Bonchev–Trinajstić information content (AvgIpc) is 2.65. The van der Waals surface area contributed by atoms with Gasteiger partial charge < -0.3 is 10.1 Å². The number of para-hydroxylation sites is 3. The molecule has 0 saturated heterocycles. The van der Waals surface area contributed by atoms with Crippen LogP contribution >= 0.6 is 0 Å². The largest absolute Gasteiger partial charge is 0.457 e. The van der Waals surface area contributed by atoms with Gasteiger partial charge in [-0.15, -0.1) is 0 Å². The fraction of sp³-hybridized carbons (Fsp3) is 0.174. The smallest absolute Gasteiger partial charge is 0.225 e. The molecule has 3 heteroatoms. The number of nitrogens with one attached hydrogen (secondary N) is 1. The van der Waals surface area contributed by atoms with Gasteiger partial charge in [0.2, 0.25) is 5.91 Å². The van der Waals surface area contributed by atoms with E-state index in [0.29, 0.717) is 6.42 Å². The maximum absolute atomic E-state index is 12.9. The molecule has 0 radical (unpaired) electrons. The Balaban J connectivity index is 1.65. The molecule has 3 aromatic carbocycles. The molecule has 1 heterocycles. The van der Waals surface area contributed by atoms with Gasteiger partial charge in [0.1, 0.15) is 11.5 Å². The van der Waals surface area contributed by atoms with Gasteiger partial charge in [-0.25, -0.2) is 0 Å². The van der Waals surface area contributed by atoms with Crippen LogP contribution in [0.25, 0.3) is 0 Å². The Morgan fingerprint density at radius 3 is 1.96 bits per heavy atom. The average molecular weight is 343 g/mol. The number of carbonyl (C=O) groups is 1. The van der Waals surface area contributed by atoms with Crippen molar-refractivity contribution < 1.29 is 9.53 Å². The fourth-order valence-corrected chi connectivity index (χ4v) is 3.62. The Morgan fingerprint density at radius 1 is 0.846 bits per heavy atom. The lowest BCUT2D eigenvalue weighted by molar-refractivity contribution is -0.116. The predicted molar refractivity (Wildman–Crippen MR) is 104 cm³/mol. The second kappa shape index (κ2) is 6.68. The molecule has 3 aromatic rings. The lowest BCUT2D eigenvalue weighted by Gasteiger charge is -2.28. The van der Waals surface area contributed by atoms with E-state index in [1.165, 1.54) is 0 Å². The van der Waals surface area contributed by atoms with Gasteiger partial charge in [0.15, 0.2) is 0 Å². The maximum atomic E-state index is 12.9. The Hall–Kier alpha value is -3.07. The van der Waals surface area contributed by atoms with E-state index in [9.17, 15) is 4.79 Å². The summed E-state index contributed by atoms with van der Waals surface area (Å²) in [5.74, 6) is 1.66. The molecule has 0 atom stereocenters. The monoisotopic (exact) mass is 343 g/mol. The van der Waals surface area contributed by atoms with E-state index in [2.05, 4.69) is 5.32 Å². The van der Waals surface area contributed by atoms with Crippen LogP contribution in [0.1, 0.15) is 34.6 Å². The number of hydrogen-bond donors (Lipinski definition) is 1. The molecule has 0 bridgehead atoms. The molecule has 4 rings (SSSR count). The van der Waals surface area contributed by atoms with Crippen LogP contribution in [0.5, 0.6) is 11.5 Å². The van der Waals surface area contributed by atoms with E-state index in [4.69, 9.17) is 4.74 Å². The van der Waals surface area contributed by atoms with Crippen LogP contribution in [-0.2, 0) is 4.79 Å². The van der Waals surface area contributed by atoms with Crippen molar-refractivity contribution in [1.29, 1.82) is 0 Å². The summed E-state index contributed by atoms with van der Waals surface area (Å²) in [5.41, 5.74) is 5.18. The van der Waals surface area contributed by atoms with Crippen molar-refractivity contribution in [3.63, 3.8) is 0 Å². The fourth-order valence-electron chi connectivity index (χ4n) is 3.62. The number of rotatable bonds is 3. The number of benzene rings is 3. The summed E-state index contributed by atoms with van der Waals surface area (Å²) in [6.07, 6.45) is 0.380. The van der Waals surface area contributed by atoms with Crippen LogP contribution in [-0.4, -0.2) is 5.91 Å². The van der Waals surface area contributed by atoms with Gasteiger partial charge in [0.25, 0.3) is 0 Å². The first-order chi connectivity index (χ1) is 12.6. The van der Waals surface area contributed by atoms with E-state index in [-0.39, 0.29) is 11.8 Å². The molecule has 0 aromatic heterocycles. The molecule has 0 saturated carbocycles. The van der Waals surface area contributed by atoms with Crippen LogP contribution < -0.4 is 10.1 Å². The van der Waals surface area contributed by atoms with Gasteiger partial charge >= 0.3 is 0 Å². The number of anilines is 1. The predicted octanol–water partition coefficient (Wildman–Crippen LogP) is 5.57. The normalized spacial score (nSPS) is 12.7. The second-order valence-electron chi connectivity index (χ2n) is 6.75. The third-order valence-corrected chi connectivity index (χ3v) is 4.94. The van der Waals surface area contributed by atoms with Crippen molar-refractivity contribution in [1.82, 2.24) is 0 Å². The van der Waals surface area contributed by atoms with Gasteiger partial charge in [-0.05, 0) is 37.1 Å². The van der Waals surface area contributed by atoms with E-state index in [1.54, 1.807) is 0 Å². The van der Waals surface area contributed by atoms with Crippen molar-refractivity contribution >= 4 is 11.6 Å². The maximum Gasteiger partial charge on any atom is 0.225 e. The number of hydrogen-bond acceptors (Lipinski definition) is 2. The first kappa shape index (κ1) is 16.4. The lowest BCUT2D eigenvalue weighted by Crippen LogP contribution is -2.20. The van der Waals surface area contributed by atoms with E-state index >= 15 is 0 Å². The highest BCUT2D eigenvalue weighted by Gasteiger charge is 2.28.